The summed E-state index contributed by atoms with van der Waals surface area (Å²) >= 11 is 0. The highest BCUT2D eigenvalue weighted by Gasteiger charge is 2.20. The van der Waals surface area contributed by atoms with Crippen LogP contribution in [0.2, 0.25) is 0 Å². The van der Waals surface area contributed by atoms with E-state index in [1.165, 1.54) is 19.2 Å². The van der Waals surface area contributed by atoms with Gasteiger partial charge < -0.3 is 19.9 Å². The van der Waals surface area contributed by atoms with E-state index in [1.54, 1.807) is 6.92 Å². The van der Waals surface area contributed by atoms with E-state index >= 15 is 0 Å². The molecule has 0 bridgehead atoms. The van der Waals surface area contributed by atoms with E-state index in [1.807, 2.05) is 0 Å². The lowest BCUT2D eigenvalue weighted by Crippen LogP contribution is -2.40. The van der Waals surface area contributed by atoms with E-state index in [0.717, 1.165) is 6.07 Å². The first-order valence-corrected chi connectivity index (χ1v) is 6.05. The number of carboxylic acid groups (broad SMARTS) is 1. The Hall–Kier alpha value is -2.38. The molecule has 0 aliphatic rings. The van der Waals surface area contributed by atoms with E-state index in [9.17, 15) is 18.4 Å². The van der Waals surface area contributed by atoms with Crippen molar-refractivity contribution in [1.82, 2.24) is 5.32 Å². The molecule has 0 aromatic heterocycles. The average Bonchev–Trinajstić information content (AvgIpc) is 2.43. The van der Waals surface area contributed by atoms with Crippen LogP contribution < -0.4 is 14.8 Å². The van der Waals surface area contributed by atoms with Crippen LogP contribution in [-0.4, -0.2) is 36.7 Å². The average molecular weight is 303 g/mol. The van der Waals surface area contributed by atoms with Gasteiger partial charge in [0.05, 0.1) is 7.11 Å². The number of hydrogen-bond acceptors (Lipinski definition) is 4. The van der Waals surface area contributed by atoms with Gasteiger partial charge in [0.25, 0.3) is 5.91 Å². The largest absolute Gasteiger partial charge is 0.493 e. The summed E-state index contributed by atoms with van der Waals surface area (Å²) < 4.78 is 33.4. The Balaban J connectivity index is 2.93. The maximum atomic E-state index is 12.2. The lowest BCUT2D eigenvalue weighted by atomic mass is 10.1. The van der Waals surface area contributed by atoms with Crippen LogP contribution in [-0.2, 0) is 4.79 Å². The van der Waals surface area contributed by atoms with Crippen LogP contribution in [0.15, 0.2) is 18.2 Å². The topological polar surface area (TPSA) is 84.9 Å². The van der Waals surface area contributed by atoms with Gasteiger partial charge in [0.1, 0.15) is 6.04 Å². The predicted molar refractivity (Wildman–Crippen MR) is 68.8 cm³/mol. The van der Waals surface area contributed by atoms with Crippen molar-refractivity contribution in [3.63, 3.8) is 0 Å². The maximum Gasteiger partial charge on any atom is 0.387 e. The highest BCUT2D eigenvalue weighted by molar-refractivity contribution is 5.97. The highest BCUT2D eigenvalue weighted by Crippen LogP contribution is 2.29. The predicted octanol–water partition coefficient (Wildman–Crippen LogP) is 1.89. The summed E-state index contributed by atoms with van der Waals surface area (Å²) in [5, 5.41) is 11.2. The summed E-state index contributed by atoms with van der Waals surface area (Å²) in [6, 6.07) is 2.56. The minimum atomic E-state index is -3.02. The first-order chi connectivity index (χ1) is 9.88. The number of hydrogen-bond donors (Lipinski definition) is 2. The number of carbonyl (C=O) groups excluding carboxylic acids is 1. The number of ether oxygens (including phenoxy) is 2. The van der Waals surface area contributed by atoms with E-state index in [-0.39, 0.29) is 23.5 Å². The SMILES string of the molecule is CCC(NC(=O)c1ccc(OC(F)F)c(OC)c1)C(=O)O. The molecule has 1 aromatic rings. The molecule has 0 heterocycles. The fourth-order valence-corrected chi connectivity index (χ4v) is 1.58. The molecule has 1 amide bonds. The molecule has 6 nitrogen and oxygen atoms in total. The minimum Gasteiger partial charge on any atom is -0.493 e. The normalized spacial score (nSPS) is 11.9. The molecular formula is C13H15F2NO5. The molecule has 116 valence electrons. The Morgan fingerprint density at radius 3 is 2.48 bits per heavy atom. The summed E-state index contributed by atoms with van der Waals surface area (Å²) in [4.78, 5) is 22.8. The quantitative estimate of drug-likeness (QED) is 0.803. The van der Waals surface area contributed by atoms with Gasteiger partial charge in [0, 0.05) is 5.56 Å². The Morgan fingerprint density at radius 1 is 1.33 bits per heavy atom. The van der Waals surface area contributed by atoms with Crippen LogP contribution in [0.25, 0.3) is 0 Å². The lowest BCUT2D eigenvalue weighted by Gasteiger charge is -2.14. The fraction of sp³-hybridized carbons (Fsp3) is 0.385. The van der Waals surface area contributed by atoms with Crippen LogP contribution in [0.3, 0.4) is 0 Å². The minimum absolute atomic E-state index is 0.0497. The molecule has 1 unspecified atom stereocenters. The Morgan fingerprint density at radius 2 is 2.00 bits per heavy atom. The zero-order chi connectivity index (χ0) is 16.0. The molecule has 8 heteroatoms. The number of carbonyl (C=O) groups is 2. The van der Waals surface area contributed by atoms with Crippen LogP contribution in [0, 0.1) is 0 Å². The summed E-state index contributed by atoms with van der Waals surface area (Å²) in [5.41, 5.74) is 0.0770. The van der Waals surface area contributed by atoms with E-state index in [2.05, 4.69) is 10.1 Å². The fourth-order valence-electron chi connectivity index (χ4n) is 1.58. The van der Waals surface area contributed by atoms with E-state index in [4.69, 9.17) is 9.84 Å². The monoisotopic (exact) mass is 303 g/mol. The van der Waals surface area contributed by atoms with Gasteiger partial charge in [-0.15, -0.1) is 0 Å². The van der Waals surface area contributed by atoms with Crippen molar-refractivity contribution in [2.24, 2.45) is 0 Å². The van der Waals surface area contributed by atoms with Gasteiger partial charge in [-0.2, -0.15) is 8.78 Å². The summed E-state index contributed by atoms with van der Waals surface area (Å²) in [6.07, 6.45) is 0.213. The molecule has 0 saturated carbocycles. The molecule has 21 heavy (non-hydrogen) atoms. The van der Waals surface area contributed by atoms with Crippen LogP contribution in [0.4, 0.5) is 8.78 Å². The van der Waals surface area contributed by atoms with Crippen molar-refractivity contribution in [3.8, 4) is 11.5 Å². The first-order valence-electron chi connectivity index (χ1n) is 6.05. The van der Waals surface area contributed by atoms with Gasteiger partial charge in [-0.1, -0.05) is 6.92 Å². The van der Waals surface area contributed by atoms with Gasteiger partial charge in [-0.05, 0) is 24.6 Å². The molecular weight excluding hydrogens is 288 g/mol. The van der Waals surface area contributed by atoms with Gasteiger partial charge >= 0.3 is 12.6 Å². The summed E-state index contributed by atoms with van der Waals surface area (Å²) in [7, 11) is 1.24. The first kappa shape index (κ1) is 16.7. The van der Waals surface area contributed by atoms with Gasteiger partial charge in [0.2, 0.25) is 0 Å². The third kappa shape index (κ3) is 4.59. The Labute approximate surface area is 119 Å². The van der Waals surface area contributed by atoms with Crippen LogP contribution in [0.5, 0.6) is 11.5 Å². The molecule has 0 aliphatic carbocycles. The van der Waals surface area contributed by atoms with Crippen molar-refractivity contribution >= 4 is 11.9 Å². The standard InChI is InChI=1S/C13H15F2NO5/c1-3-8(12(18)19)16-11(17)7-4-5-9(21-13(14)15)10(6-7)20-2/h4-6,8,13H,3H2,1-2H3,(H,16,17)(H,18,19). The number of methoxy groups -OCH3 is 1. The van der Waals surface area contributed by atoms with E-state index < -0.39 is 24.5 Å². The van der Waals surface area contributed by atoms with Crippen molar-refractivity contribution in [1.29, 1.82) is 0 Å². The summed E-state index contributed by atoms with van der Waals surface area (Å²) in [6.45, 7) is -1.41. The zero-order valence-electron chi connectivity index (χ0n) is 11.4. The second-order valence-electron chi connectivity index (χ2n) is 4.02. The number of alkyl halides is 2. The third-order valence-corrected chi connectivity index (χ3v) is 2.65. The lowest BCUT2D eigenvalue weighted by molar-refractivity contribution is -0.139. The van der Waals surface area contributed by atoms with E-state index in [0.29, 0.717) is 0 Å². The molecule has 0 radical (unpaired) electrons. The molecule has 1 aromatic carbocycles. The molecule has 0 saturated heterocycles. The number of aliphatic carboxylic acids is 1. The number of amides is 1. The smallest absolute Gasteiger partial charge is 0.387 e. The van der Waals surface area contributed by atoms with Crippen LogP contribution >= 0.6 is 0 Å². The maximum absolute atomic E-state index is 12.2. The molecule has 1 atom stereocenters. The van der Waals surface area contributed by atoms with Crippen molar-refractivity contribution in [2.45, 2.75) is 26.0 Å². The second-order valence-corrected chi connectivity index (χ2v) is 4.02. The second kappa shape index (κ2) is 7.41. The number of halogens is 2. The molecule has 0 fully saturated rings. The van der Waals surface area contributed by atoms with Gasteiger partial charge in [-0.25, -0.2) is 4.79 Å². The number of carboxylic acids is 1. The Bertz CT molecular complexity index is 521. The Kier molecular flexibility index (Phi) is 5.89. The van der Waals surface area contributed by atoms with Crippen molar-refractivity contribution < 1.29 is 33.0 Å². The molecule has 0 spiro atoms. The molecule has 1 rings (SSSR count). The van der Waals surface area contributed by atoms with Crippen molar-refractivity contribution in [2.75, 3.05) is 7.11 Å². The third-order valence-electron chi connectivity index (χ3n) is 2.65. The van der Waals surface area contributed by atoms with Crippen LogP contribution in [0.1, 0.15) is 23.7 Å². The molecule has 0 aliphatic heterocycles. The number of nitrogens with one attached hydrogen (secondary N) is 1. The van der Waals surface area contributed by atoms with Gasteiger partial charge in [-0.3, -0.25) is 4.79 Å². The molecule has 2 N–H and O–H groups in total. The summed E-state index contributed by atoms with van der Waals surface area (Å²) in [5.74, 6) is -2.07. The van der Waals surface area contributed by atoms with Crippen molar-refractivity contribution in [3.05, 3.63) is 23.8 Å². The van der Waals surface area contributed by atoms with Gasteiger partial charge in [0.15, 0.2) is 11.5 Å². The highest BCUT2D eigenvalue weighted by atomic mass is 19.3. The zero-order valence-corrected chi connectivity index (χ0v) is 11.4. The number of rotatable bonds is 7. The number of benzene rings is 1.